The molecule has 0 aliphatic carbocycles. The van der Waals surface area contributed by atoms with Crippen molar-refractivity contribution in [2.75, 3.05) is 25.4 Å². The summed E-state index contributed by atoms with van der Waals surface area (Å²) in [5.74, 6) is 0.854. The Kier molecular flexibility index (Phi) is 7.65. The molecule has 1 heterocycles. The van der Waals surface area contributed by atoms with Gasteiger partial charge in [-0.15, -0.1) is 0 Å². The molecule has 0 spiro atoms. The van der Waals surface area contributed by atoms with Crippen molar-refractivity contribution in [1.82, 2.24) is 10.2 Å². The first-order valence-electron chi connectivity index (χ1n) is 9.60. The minimum Gasteiger partial charge on any atom is -0.353 e. The summed E-state index contributed by atoms with van der Waals surface area (Å²) < 4.78 is 24.6. The highest BCUT2D eigenvalue weighted by atomic mass is 32.2. The number of sulfone groups is 1. The monoisotopic (exact) mass is 380 g/mol. The fraction of sp³-hybridized carbons (Fsp3) is 0.650. The molecular weight excluding hydrogens is 348 g/mol. The van der Waals surface area contributed by atoms with E-state index >= 15 is 0 Å². The van der Waals surface area contributed by atoms with Crippen LogP contribution in [0.2, 0.25) is 0 Å². The summed E-state index contributed by atoms with van der Waals surface area (Å²) in [4.78, 5) is 15.0. The quantitative estimate of drug-likeness (QED) is 0.753. The van der Waals surface area contributed by atoms with Gasteiger partial charge in [-0.2, -0.15) is 0 Å². The number of likely N-dealkylation sites (tertiary alicyclic amines) is 1. The Bertz CT molecular complexity index is 666. The van der Waals surface area contributed by atoms with E-state index in [9.17, 15) is 13.2 Å². The zero-order chi connectivity index (χ0) is 19.2. The Morgan fingerprint density at radius 1 is 1.15 bits per heavy atom. The predicted octanol–water partition coefficient (Wildman–Crippen LogP) is 2.72. The molecule has 0 radical (unpaired) electrons. The SMILES string of the molecule is CC(C)C(C)NC(=O)C1CCN(CCCS(=O)(=O)c2ccccc2)CC1. The third-order valence-electron chi connectivity index (χ3n) is 5.32. The van der Waals surface area contributed by atoms with E-state index in [2.05, 4.69) is 24.1 Å². The number of nitrogens with zero attached hydrogens (tertiary/aromatic N) is 1. The number of nitrogens with one attached hydrogen (secondary N) is 1. The topological polar surface area (TPSA) is 66.5 Å². The molecule has 5 nitrogen and oxygen atoms in total. The fourth-order valence-electron chi connectivity index (χ4n) is 3.15. The van der Waals surface area contributed by atoms with Crippen LogP contribution in [0.4, 0.5) is 0 Å². The number of piperidine rings is 1. The Labute approximate surface area is 158 Å². The Balaban J connectivity index is 1.71. The molecule has 1 aliphatic rings. The average Bonchev–Trinajstić information content (AvgIpc) is 2.62. The molecule has 1 amide bonds. The molecule has 1 atom stereocenters. The second kappa shape index (κ2) is 9.51. The van der Waals surface area contributed by atoms with Crippen molar-refractivity contribution in [3.05, 3.63) is 30.3 Å². The van der Waals surface area contributed by atoms with E-state index in [1.54, 1.807) is 24.3 Å². The maximum atomic E-state index is 12.3. The average molecular weight is 381 g/mol. The molecule has 1 N–H and O–H groups in total. The van der Waals surface area contributed by atoms with Crippen LogP contribution in [0.25, 0.3) is 0 Å². The zero-order valence-corrected chi connectivity index (χ0v) is 17.0. The van der Waals surface area contributed by atoms with Gasteiger partial charge in [0.1, 0.15) is 0 Å². The summed E-state index contributed by atoms with van der Waals surface area (Å²) in [5, 5.41) is 3.11. The molecule has 0 aromatic heterocycles. The van der Waals surface area contributed by atoms with E-state index in [4.69, 9.17) is 0 Å². The van der Waals surface area contributed by atoms with E-state index in [0.29, 0.717) is 17.2 Å². The van der Waals surface area contributed by atoms with Gasteiger partial charge in [0, 0.05) is 12.0 Å². The highest BCUT2D eigenvalue weighted by Crippen LogP contribution is 2.19. The lowest BCUT2D eigenvalue weighted by molar-refractivity contribution is -0.127. The van der Waals surface area contributed by atoms with Gasteiger partial charge >= 0.3 is 0 Å². The molecule has 1 aromatic carbocycles. The lowest BCUT2D eigenvalue weighted by atomic mass is 9.95. The largest absolute Gasteiger partial charge is 0.353 e. The van der Waals surface area contributed by atoms with Crippen molar-refractivity contribution in [3.8, 4) is 0 Å². The van der Waals surface area contributed by atoms with Crippen molar-refractivity contribution in [2.45, 2.75) is 51.0 Å². The summed E-state index contributed by atoms with van der Waals surface area (Å²) in [5.41, 5.74) is 0. The normalized spacial score (nSPS) is 18.0. The summed E-state index contributed by atoms with van der Waals surface area (Å²) in [7, 11) is -3.20. The number of hydrogen-bond donors (Lipinski definition) is 1. The standard InChI is InChI=1S/C20H32N2O3S/c1-16(2)17(3)21-20(23)18-10-13-22(14-11-18)12-7-15-26(24,25)19-8-5-4-6-9-19/h4-6,8-9,16-18H,7,10-15H2,1-3H3,(H,21,23). The highest BCUT2D eigenvalue weighted by Gasteiger charge is 2.26. The van der Waals surface area contributed by atoms with Crippen molar-refractivity contribution >= 4 is 15.7 Å². The molecule has 1 saturated heterocycles. The van der Waals surface area contributed by atoms with Crippen LogP contribution in [0, 0.1) is 11.8 Å². The van der Waals surface area contributed by atoms with Crippen LogP contribution in [-0.2, 0) is 14.6 Å². The van der Waals surface area contributed by atoms with E-state index in [1.165, 1.54) is 0 Å². The zero-order valence-electron chi connectivity index (χ0n) is 16.1. The van der Waals surface area contributed by atoms with E-state index in [0.717, 1.165) is 32.5 Å². The van der Waals surface area contributed by atoms with E-state index in [-0.39, 0.29) is 23.6 Å². The molecule has 0 saturated carbocycles. The molecule has 1 aromatic rings. The Morgan fingerprint density at radius 3 is 2.35 bits per heavy atom. The second-order valence-electron chi connectivity index (χ2n) is 7.64. The number of benzene rings is 1. The third-order valence-corrected chi connectivity index (χ3v) is 7.13. The van der Waals surface area contributed by atoms with E-state index < -0.39 is 9.84 Å². The van der Waals surface area contributed by atoms with Gasteiger partial charge in [0.25, 0.3) is 0 Å². The van der Waals surface area contributed by atoms with Crippen molar-refractivity contribution in [1.29, 1.82) is 0 Å². The van der Waals surface area contributed by atoms with Gasteiger partial charge in [0.05, 0.1) is 10.6 Å². The lowest BCUT2D eigenvalue weighted by Gasteiger charge is -2.32. The van der Waals surface area contributed by atoms with Gasteiger partial charge in [0.2, 0.25) is 5.91 Å². The van der Waals surface area contributed by atoms with Gasteiger partial charge in [-0.25, -0.2) is 8.42 Å². The van der Waals surface area contributed by atoms with Crippen LogP contribution < -0.4 is 5.32 Å². The Hall–Kier alpha value is -1.40. The van der Waals surface area contributed by atoms with E-state index in [1.807, 2.05) is 13.0 Å². The molecule has 1 fully saturated rings. The van der Waals surface area contributed by atoms with Gasteiger partial charge in [-0.3, -0.25) is 4.79 Å². The summed E-state index contributed by atoms with van der Waals surface area (Å²) in [6.07, 6.45) is 2.32. The summed E-state index contributed by atoms with van der Waals surface area (Å²) in [6, 6.07) is 8.82. The number of rotatable bonds is 8. The van der Waals surface area contributed by atoms with Gasteiger partial charge in [0.15, 0.2) is 9.84 Å². The smallest absolute Gasteiger partial charge is 0.223 e. The van der Waals surface area contributed by atoms with Crippen LogP contribution in [0.15, 0.2) is 35.2 Å². The minimum absolute atomic E-state index is 0.0838. The number of amides is 1. The van der Waals surface area contributed by atoms with Crippen molar-refractivity contribution in [2.24, 2.45) is 11.8 Å². The summed E-state index contributed by atoms with van der Waals surface area (Å²) >= 11 is 0. The van der Waals surface area contributed by atoms with Crippen LogP contribution in [0.3, 0.4) is 0 Å². The second-order valence-corrected chi connectivity index (χ2v) is 9.75. The number of carbonyl (C=O) groups is 1. The molecule has 6 heteroatoms. The fourth-order valence-corrected chi connectivity index (χ4v) is 4.47. The lowest BCUT2D eigenvalue weighted by Crippen LogP contribution is -2.44. The van der Waals surface area contributed by atoms with Gasteiger partial charge in [-0.1, -0.05) is 32.0 Å². The van der Waals surface area contributed by atoms with Crippen LogP contribution >= 0.6 is 0 Å². The van der Waals surface area contributed by atoms with Crippen LogP contribution in [0.5, 0.6) is 0 Å². The van der Waals surface area contributed by atoms with Crippen LogP contribution in [-0.4, -0.2) is 50.7 Å². The third kappa shape index (κ3) is 6.09. The molecule has 0 bridgehead atoms. The number of carbonyl (C=O) groups excluding carboxylic acids is 1. The molecule has 1 aliphatic heterocycles. The maximum absolute atomic E-state index is 12.3. The van der Waals surface area contributed by atoms with Gasteiger partial charge in [-0.05, 0) is 63.9 Å². The first kappa shape index (κ1) is 20.9. The first-order chi connectivity index (χ1) is 12.3. The van der Waals surface area contributed by atoms with Crippen LogP contribution in [0.1, 0.15) is 40.0 Å². The minimum atomic E-state index is -3.20. The van der Waals surface area contributed by atoms with Crippen molar-refractivity contribution < 1.29 is 13.2 Å². The first-order valence-corrected chi connectivity index (χ1v) is 11.3. The molecule has 1 unspecified atom stereocenters. The maximum Gasteiger partial charge on any atom is 0.223 e. The molecule has 2 rings (SSSR count). The highest BCUT2D eigenvalue weighted by molar-refractivity contribution is 7.91. The van der Waals surface area contributed by atoms with Gasteiger partial charge < -0.3 is 10.2 Å². The van der Waals surface area contributed by atoms with Crippen molar-refractivity contribution in [3.63, 3.8) is 0 Å². The number of hydrogen-bond acceptors (Lipinski definition) is 4. The molecule has 26 heavy (non-hydrogen) atoms. The molecule has 146 valence electrons. The Morgan fingerprint density at radius 2 is 1.77 bits per heavy atom. The summed E-state index contributed by atoms with van der Waals surface area (Å²) in [6.45, 7) is 8.75. The predicted molar refractivity (Wildman–Crippen MR) is 105 cm³/mol. The molecular formula is C20H32N2O3S.